The van der Waals surface area contributed by atoms with E-state index in [1.54, 1.807) is 29.2 Å². The first-order valence-corrected chi connectivity index (χ1v) is 10.5. The fraction of sp³-hybridized carbons (Fsp3) is 0.435. The fourth-order valence-electron chi connectivity index (χ4n) is 4.61. The van der Waals surface area contributed by atoms with Gasteiger partial charge in [0.25, 0.3) is 5.91 Å². The number of fused-ring (bicyclic) bond motifs is 2. The lowest BCUT2D eigenvalue weighted by molar-refractivity contribution is 0.102. The van der Waals surface area contributed by atoms with Crippen molar-refractivity contribution < 1.29 is 9.53 Å². The Labute approximate surface area is 176 Å². The molecule has 7 heteroatoms. The van der Waals surface area contributed by atoms with Crippen LogP contribution in [0.1, 0.15) is 54.1 Å². The van der Waals surface area contributed by atoms with E-state index < -0.39 is 0 Å². The predicted molar refractivity (Wildman–Crippen MR) is 115 cm³/mol. The van der Waals surface area contributed by atoms with Gasteiger partial charge in [-0.15, -0.1) is 0 Å². The lowest BCUT2D eigenvalue weighted by Crippen LogP contribution is -2.29. The summed E-state index contributed by atoms with van der Waals surface area (Å²) in [7, 11) is 2.16. The molecule has 30 heavy (non-hydrogen) atoms. The first-order chi connectivity index (χ1) is 14.4. The Hall–Kier alpha value is -2.93. The average Bonchev–Trinajstić information content (AvgIpc) is 3.27. The number of nitrogens with zero attached hydrogens (tertiary/aromatic N) is 4. The molecule has 1 fully saturated rings. The van der Waals surface area contributed by atoms with Crippen molar-refractivity contribution in [3.8, 4) is 5.75 Å². The molecule has 1 amide bonds. The second-order valence-electron chi connectivity index (χ2n) is 9.06. The zero-order valence-corrected chi connectivity index (χ0v) is 17.7. The molecule has 0 saturated carbocycles. The van der Waals surface area contributed by atoms with Crippen LogP contribution in [0.25, 0.3) is 5.65 Å². The maximum absolute atomic E-state index is 13.2. The van der Waals surface area contributed by atoms with Gasteiger partial charge in [-0.25, -0.2) is 9.50 Å². The van der Waals surface area contributed by atoms with Crippen molar-refractivity contribution in [1.82, 2.24) is 19.5 Å². The molecule has 156 valence electrons. The second-order valence-corrected chi connectivity index (χ2v) is 9.06. The van der Waals surface area contributed by atoms with Crippen molar-refractivity contribution in [1.29, 1.82) is 0 Å². The van der Waals surface area contributed by atoms with Crippen LogP contribution in [0, 0.1) is 0 Å². The molecule has 0 atom stereocenters. The van der Waals surface area contributed by atoms with Gasteiger partial charge in [-0.3, -0.25) is 4.79 Å². The van der Waals surface area contributed by atoms with Crippen molar-refractivity contribution in [3.63, 3.8) is 0 Å². The van der Waals surface area contributed by atoms with E-state index in [4.69, 9.17) is 4.74 Å². The molecule has 0 spiro atoms. The number of anilines is 1. The topological polar surface area (TPSA) is 71.8 Å². The fourth-order valence-corrected chi connectivity index (χ4v) is 4.61. The highest BCUT2D eigenvalue weighted by atomic mass is 16.5. The van der Waals surface area contributed by atoms with Crippen LogP contribution in [-0.2, 0) is 6.42 Å². The standard InChI is InChI=1S/C23H27N5O2/c1-23(2)13-16-11-19(17(12-20(16)30-23)15-5-9-27(3)10-6-15)26-22(29)18-14-25-28-8-4-7-24-21(18)28/h4,7-8,11-12,14-15H,5-6,9-10,13H2,1-3H3,(H,26,29). The summed E-state index contributed by atoms with van der Waals surface area (Å²) in [5, 5.41) is 7.42. The molecule has 5 rings (SSSR count). The van der Waals surface area contributed by atoms with Gasteiger partial charge in [0.05, 0.1) is 6.20 Å². The summed E-state index contributed by atoms with van der Waals surface area (Å²) in [5.74, 6) is 1.16. The van der Waals surface area contributed by atoms with Gasteiger partial charge in [0.1, 0.15) is 16.9 Å². The molecule has 2 aliphatic heterocycles. The normalized spacial score (nSPS) is 18.9. The van der Waals surface area contributed by atoms with E-state index in [1.165, 1.54) is 0 Å². The van der Waals surface area contributed by atoms with Gasteiger partial charge < -0.3 is 15.0 Å². The molecule has 0 aliphatic carbocycles. The summed E-state index contributed by atoms with van der Waals surface area (Å²) in [6.07, 6.45) is 8.01. The summed E-state index contributed by atoms with van der Waals surface area (Å²) in [5.41, 5.74) is 4.00. The third-order valence-corrected chi connectivity index (χ3v) is 6.17. The maximum atomic E-state index is 13.2. The SMILES string of the molecule is CN1CCC(c2cc3c(cc2NC(=O)c2cnn4cccnc24)CC(C)(C)O3)CC1. The van der Waals surface area contributed by atoms with Crippen molar-refractivity contribution in [2.45, 2.75) is 44.6 Å². The number of carbonyl (C=O) groups excluding carboxylic acids is 1. The van der Waals surface area contributed by atoms with Crippen LogP contribution in [0.5, 0.6) is 5.75 Å². The number of ether oxygens (including phenoxy) is 1. The number of benzene rings is 1. The Morgan fingerprint density at radius 2 is 2.07 bits per heavy atom. The van der Waals surface area contributed by atoms with Crippen molar-refractivity contribution in [3.05, 3.63) is 53.5 Å². The van der Waals surface area contributed by atoms with Gasteiger partial charge in [-0.1, -0.05) is 0 Å². The molecule has 1 saturated heterocycles. The quantitative estimate of drug-likeness (QED) is 0.722. The van der Waals surface area contributed by atoms with Crippen molar-refractivity contribution >= 4 is 17.2 Å². The average molecular weight is 406 g/mol. The lowest BCUT2D eigenvalue weighted by Gasteiger charge is -2.30. The predicted octanol–water partition coefficient (Wildman–Crippen LogP) is 3.50. The second kappa shape index (κ2) is 7.09. The first-order valence-electron chi connectivity index (χ1n) is 10.5. The van der Waals surface area contributed by atoms with Crippen molar-refractivity contribution in [2.75, 3.05) is 25.5 Å². The minimum atomic E-state index is -0.221. The third-order valence-electron chi connectivity index (χ3n) is 6.17. The number of carbonyl (C=O) groups is 1. The minimum Gasteiger partial charge on any atom is -0.487 e. The molecule has 1 N–H and O–H groups in total. The van der Waals surface area contributed by atoms with Gasteiger partial charge in [-0.2, -0.15) is 5.10 Å². The van der Waals surface area contributed by atoms with Gasteiger partial charge in [0.15, 0.2) is 5.65 Å². The molecule has 0 bridgehead atoms. The lowest BCUT2D eigenvalue weighted by atomic mass is 9.87. The molecule has 2 aliphatic rings. The zero-order chi connectivity index (χ0) is 20.9. The van der Waals surface area contributed by atoms with E-state index in [2.05, 4.69) is 53.3 Å². The van der Waals surface area contributed by atoms with E-state index in [1.807, 2.05) is 0 Å². The maximum Gasteiger partial charge on any atom is 0.261 e. The molecule has 7 nitrogen and oxygen atoms in total. The van der Waals surface area contributed by atoms with E-state index in [0.717, 1.165) is 54.9 Å². The summed E-state index contributed by atoms with van der Waals surface area (Å²) >= 11 is 0. The van der Waals surface area contributed by atoms with Crippen LogP contribution in [-0.4, -0.2) is 51.1 Å². The van der Waals surface area contributed by atoms with Gasteiger partial charge >= 0.3 is 0 Å². The molecule has 3 aromatic rings. The van der Waals surface area contributed by atoms with Crippen LogP contribution >= 0.6 is 0 Å². The molecule has 1 aromatic carbocycles. The summed E-state index contributed by atoms with van der Waals surface area (Å²) in [6.45, 7) is 6.31. The Kier molecular flexibility index (Phi) is 4.50. The number of piperidine rings is 1. The van der Waals surface area contributed by atoms with E-state index in [-0.39, 0.29) is 11.5 Å². The van der Waals surface area contributed by atoms with Crippen LogP contribution in [0.4, 0.5) is 5.69 Å². The Balaban J connectivity index is 1.51. The summed E-state index contributed by atoms with van der Waals surface area (Å²) in [4.78, 5) is 19.8. The van der Waals surface area contributed by atoms with Gasteiger partial charge in [-0.05, 0) is 76.5 Å². The summed E-state index contributed by atoms with van der Waals surface area (Å²) in [6, 6.07) is 6.06. The Morgan fingerprint density at radius 1 is 1.27 bits per heavy atom. The highest BCUT2D eigenvalue weighted by Crippen LogP contribution is 2.42. The van der Waals surface area contributed by atoms with Gasteiger partial charge in [0, 0.05) is 30.1 Å². The number of amides is 1. The van der Waals surface area contributed by atoms with E-state index in [0.29, 0.717) is 17.1 Å². The molecule has 0 unspecified atom stereocenters. The first kappa shape index (κ1) is 19.1. The van der Waals surface area contributed by atoms with Crippen LogP contribution < -0.4 is 10.1 Å². The molecular weight excluding hydrogens is 378 g/mol. The van der Waals surface area contributed by atoms with Crippen LogP contribution in [0.2, 0.25) is 0 Å². The third kappa shape index (κ3) is 3.43. The highest BCUT2D eigenvalue weighted by molar-refractivity contribution is 6.08. The largest absolute Gasteiger partial charge is 0.487 e. The molecule has 0 radical (unpaired) electrons. The highest BCUT2D eigenvalue weighted by Gasteiger charge is 2.33. The zero-order valence-electron chi connectivity index (χ0n) is 17.7. The number of hydrogen-bond acceptors (Lipinski definition) is 5. The van der Waals surface area contributed by atoms with E-state index in [9.17, 15) is 4.79 Å². The summed E-state index contributed by atoms with van der Waals surface area (Å²) < 4.78 is 7.81. The number of nitrogens with one attached hydrogen (secondary N) is 1. The molecule has 2 aromatic heterocycles. The van der Waals surface area contributed by atoms with E-state index >= 15 is 0 Å². The molecular formula is C23H27N5O2. The van der Waals surface area contributed by atoms with Gasteiger partial charge in [0.2, 0.25) is 0 Å². The van der Waals surface area contributed by atoms with Crippen molar-refractivity contribution in [2.24, 2.45) is 0 Å². The smallest absolute Gasteiger partial charge is 0.261 e. The number of rotatable bonds is 3. The Morgan fingerprint density at radius 3 is 2.87 bits per heavy atom. The Bertz CT molecular complexity index is 1110. The number of aromatic nitrogens is 3. The number of likely N-dealkylation sites (tertiary alicyclic amines) is 1. The minimum absolute atomic E-state index is 0.184. The van der Waals surface area contributed by atoms with Crippen LogP contribution in [0.3, 0.4) is 0 Å². The van der Waals surface area contributed by atoms with Crippen LogP contribution in [0.15, 0.2) is 36.8 Å². The molecule has 4 heterocycles. The monoisotopic (exact) mass is 405 g/mol. The number of hydrogen-bond donors (Lipinski definition) is 1.